The van der Waals surface area contributed by atoms with Crippen LogP contribution >= 0.6 is 7.92 Å². The Labute approximate surface area is 173 Å². The molecule has 0 amide bonds. The van der Waals surface area contributed by atoms with E-state index >= 15 is 0 Å². The molecule has 2 aliphatic rings. The van der Waals surface area contributed by atoms with Crippen LogP contribution in [-0.4, -0.2) is 18.5 Å². The van der Waals surface area contributed by atoms with Crippen molar-refractivity contribution in [2.45, 2.75) is 19.9 Å². The molecule has 2 nitrogen and oxygen atoms in total. The molecule has 30 heavy (non-hydrogen) atoms. The van der Waals surface area contributed by atoms with Crippen molar-refractivity contribution in [2.24, 2.45) is 16.8 Å². The number of halogens is 4. The van der Waals surface area contributed by atoms with Crippen molar-refractivity contribution in [3.05, 3.63) is 83.2 Å². The second-order valence-corrected chi connectivity index (χ2v) is 9.85. The van der Waals surface area contributed by atoms with Gasteiger partial charge in [-0.1, -0.05) is 32.1 Å². The number of rotatable bonds is 5. The average Bonchev–Trinajstić information content (AvgIpc) is 3.29. The van der Waals surface area contributed by atoms with Crippen LogP contribution in [0, 0.1) is 35.1 Å². The molecular formula is C23H20F4NOP. The van der Waals surface area contributed by atoms with E-state index in [-0.39, 0.29) is 12.0 Å². The Morgan fingerprint density at radius 1 is 0.900 bits per heavy atom. The fraction of sp³-hybridized carbons (Fsp3) is 0.261. The van der Waals surface area contributed by atoms with Crippen LogP contribution in [0.25, 0.3) is 0 Å². The topological polar surface area (TPSA) is 21.6 Å². The first-order valence-corrected chi connectivity index (χ1v) is 11.0. The van der Waals surface area contributed by atoms with Crippen molar-refractivity contribution >= 4 is 24.4 Å². The molecule has 0 fully saturated rings. The van der Waals surface area contributed by atoms with Crippen molar-refractivity contribution in [1.82, 2.24) is 0 Å². The van der Waals surface area contributed by atoms with E-state index in [4.69, 9.17) is 4.74 Å². The first-order chi connectivity index (χ1) is 14.3. The second kappa shape index (κ2) is 8.35. The van der Waals surface area contributed by atoms with Crippen LogP contribution in [0.5, 0.6) is 0 Å². The molecule has 0 bridgehead atoms. The summed E-state index contributed by atoms with van der Waals surface area (Å²) in [5.74, 6) is -2.50. The Morgan fingerprint density at radius 2 is 1.43 bits per heavy atom. The molecule has 0 saturated heterocycles. The minimum Gasteiger partial charge on any atom is -0.478 e. The van der Waals surface area contributed by atoms with Gasteiger partial charge in [0.2, 0.25) is 0 Å². The Bertz CT molecular complexity index is 971. The number of nitrogens with zero attached hydrogens (tertiary/aromatic N) is 1. The highest BCUT2D eigenvalue weighted by molar-refractivity contribution is 7.76. The number of hydrogen-bond donors (Lipinski definition) is 0. The van der Waals surface area contributed by atoms with Gasteiger partial charge in [0.1, 0.15) is 29.9 Å². The van der Waals surface area contributed by atoms with Crippen molar-refractivity contribution < 1.29 is 22.3 Å². The van der Waals surface area contributed by atoms with Gasteiger partial charge in [-0.25, -0.2) is 22.6 Å². The molecule has 0 saturated carbocycles. The van der Waals surface area contributed by atoms with Crippen LogP contribution in [0.1, 0.15) is 13.8 Å². The summed E-state index contributed by atoms with van der Waals surface area (Å²) in [6.07, 6.45) is 5.52. The predicted molar refractivity (Wildman–Crippen MR) is 112 cm³/mol. The maximum Gasteiger partial charge on any atom is 0.195 e. The molecule has 0 N–H and O–H groups in total. The summed E-state index contributed by atoms with van der Waals surface area (Å²) < 4.78 is 61.9. The van der Waals surface area contributed by atoms with Gasteiger partial charge in [0.25, 0.3) is 0 Å². The maximum absolute atomic E-state index is 14.0. The third-order valence-corrected chi connectivity index (χ3v) is 7.58. The smallest absolute Gasteiger partial charge is 0.195 e. The van der Waals surface area contributed by atoms with Crippen molar-refractivity contribution in [3.63, 3.8) is 0 Å². The number of benzene rings is 2. The predicted octanol–water partition coefficient (Wildman–Crippen LogP) is 5.20. The SMILES string of the molecule is CC(C)[C@H]1COC(C2C=CC=C2P(c2cc(F)cc(F)c2)c2cc(F)cc(F)c2)=N1. The zero-order valence-corrected chi connectivity index (χ0v) is 17.3. The molecule has 0 radical (unpaired) electrons. The summed E-state index contributed by atoms with van der Waals surface area (Å²) in [6, 6.07) is 6.42. The fourth-order valence-electron chi connectivity index (χ4n) is 3.59. The third-order valence-electron chi connectivity index (χ3n) is 5.09. The van der Waals surface area contributed by atoms with Crippen LogP contribution in [0.3, 0.4) is 0 Å². The second-order valence-electron chi connectivity index (χ2n) is 7.63. The van der Waals surface area contributed by atoms with E-state index in [2.05, 4.69) is 18.8 Å². The van der Waals surface area contributed by atoms with E-state index in [1.54, 1.807) is 0 Å². The van der Waals surface area contributed by atoms with E-state index in [0.717, 1.165) is 17.4 Å². The molecule has 2 atom stereocenters. The van der Waals surface area contributed by atoms with Gasteiger partial charge in [0, 0.05) is 12.1 Å². The highest BCUT2D eigenvalue weighted by atomic mass is 31.1. The summed E-state index contributed by atoms with van der Waals surface area (Å²) in [4.78, 5) is 4.68. The van der Waals surface area contributed by atoms with E-state index in [9.17, 15) is 17.6 Å². The fourth-order valence-corrected chi connectivity index (χ4v) is 6.21. The van der Waals surface area contributed by atoms with Crippen molar-refractivity contribution in [3.8, 4) is 0 Å². The molecule has 0 spiro atoms. The average molecular weight is 433 g/mol. The van der Waals surface area contributed by atoms with Crippen molar-refractivity contribution in [2.75, 3.05) is 6.61 Å². The summed E-state index contributed by atoms with van der Waals surface area (Å²) in [6.45, 7) is 4.57. The van der Waals surface area contributed by atoms with Gasteiger partial charge >= 0.3 is 0 Å². The Balaban J connectivity index is 1.81. The number of hydrogen-bond acceptors (Lipinski definition) is 2. The van der Waals surface area contributed by atoms with E-state index in [1.807, 2.05) is 18.2 Å². The van der Waals surface area contributed by atoms with Crippen LogP contribution in [0.15, 0.2) is 64.9 Å². The molecule has 1 aliphatic heterocycles. The van der Waals surface area contributed by atoms with Gasteiger partial charge in [-0.15, -0.1) is 0 Å². The van der Waals surface area contributed by atoms with E-state index in [1.165, 1.54) is 24.3 Å². The molecule has 1 unspecified atom stereocenters. The van der Waals surface area contributed by atoms with Gasteiger partial charge in [0.05, 0.1) is 12.0 Å². The van der Waals surface area contributed by atoms with Crippen LogP contribution in [0.2, 0.25) is 0 Å². The van der Waals surface area contributed by atoms with Crippen molar-refractivity contribution in [1.29, 1.82) is 0 Å². The quantitative estimate of drug-likeness (QED) is 0.469. The van der Waals surface area contributed by atoms with Crippen LogP contribution in [0.4, 0.5) is 17.6 Å². The highest BCUT2D eigenvalue weighted by Gasteiger charge is 2.34. The molecular weight excluding hydrogens is 413 g/mol. The molecule has 2 aromatic carbocycles. The molecule has 0 aromatic heterocycles. The van der Waals surface area contributed by atoms with Gasteiger partial charge < -0.3 is 4.74 Å². The standard InChI is InChI=1S/C23H20F4NOP/c1-13(2)21-12-29-23(28-21)20-4-3-5-22(20)30(18-8-14(24)6-15(25)9-18)19-10-16(26)7-17(27)11-19/h3-11,13,20-21H,12H2,1-2H3/t20?,21-/m1/s1. The number of aliphatic imine (C=N–C) groups is 1. The normalized spacial score (nSPS) is 20.7. The van der Waals surface area contributed by atoms with Crippen LogP contribution in [-0.2, 0) is 4.74 Å². The summed E-state index contributed by atoms with van der Waals surface area (Å²) in [5, 5.41) is 1.40. The van der Waals surface area contributed by atoms with Gasteiger partial charge in [0.15, 0.2) is 5.90 Å². The molecule has 1 aliphatic carbocycles. The van der Waals surface area contributed by atoms with Crippen LogP contribution < -0.4 is 10.6 Å². The molecule has 4 rings (SSSR count). The minimum absolute atomic E-state index is 0.0275. The monoisotopic (exact) mass is 433 g/mol. The highest BCUT2D eigenvalue weighted by Crippen LogP contribution is 2.50. The summed E-state index contributed by atoms with van der Waals surface area (Å²) >= 11 is 0. The lowest BCUT2D eigenvalue weighted by molar-refractivity contribution is 0.284. The maximum atomic E-state index is 14.0. The zero-order valence-electron chi connectivity index (χ0n) is 16.4. The largest absolute Gasteiger partial charge is 0.478 e. The number of allylic oxidation sites excluding steroid dienone is 2. The van der Waals surface area contributed by atoms with Gasteiger partial charge in [-0.05, 0) is 54.0 Å². The Hall–Kier alpha value is -2.46. The minimum atomic E-state index is -1.62. The zero-order chi connectivity index (χ0) is 21.4. The Morgan fingerprint density at radius 3 is 1.90 bits per heavy atom. The Kier molecular flexibility index (Phi) is 5.79. The van der Waals surface area contributed by atoms with Gasteiger partial charge in [-0.2, -0.15) is 0 Å². The summed E-state index contributed by atoms with van der Waals surface area (Å²) in [5.41, 5.74) is 0. The van der Waals surface area contributed by atoms with Gasteiger partial charge in [-0.3, -0.25) is 0 Å². The number of ether oxygens (including phenoxy) is 1. The third kappa shape index (κ3) is 4.20. The first-order valence-electron chi connectivity index (χ1n) is 9.63. The summed E-state index contributed by atoms with van der Waals surface area (Å²) in [7, 11) is -1.62. The lowest BCUT2D eigenvalue weighted by Crippen LogP contribution is -2.21. The first kappa shape index (κ1) is 20.8. The van der Waals surface area contributed by atoms with E-state index in [0.29, 0.717) is 29.0 Å². The molecule has 156 valence electrons. The molecule has 7 heteroatoms. The molecule has 2 aromatic rings. The molecule has 1 heterocycles. The van der Waals surface area contributed by atoms with E-state index < -0.39 is 31.2 Å². The lowest BCUT2D eigenvalue weighted by atomic mass is 10.1. The lowest BCUT2D eigenvalue weighted by Gasteiger charge is -2.25.